The fourth-order valence-corrected chi connectivity index (χ4v) is 1.92. The number of primary amides is 1. The van der Waals surface area contributed by atoms with E-state index in [0.717, 1.165) is 0 Å². The highest BCUT2D eigenvalue weighted by Crippen LogP contribution is 2.24. The number of carbonyl (C=O) groups excluding carboxylic acids is 1. The molecular formula is C11H15N2O5+. The lowest BCUT2D eigenvalue weighted by Crippen LogP contribution is -2.46. The third-order valence-electron chi connectivity index (χ3n) is 2.92. The number of pyridine rings is 1. The Kier molecular flexibility index (Phi) is 3.58. The summed E-state index contributed by atoms with van der Waals surface area (Å²) in [6, 6.07) is 3.11. The molecule has 0 aliphatic carbocycles. The lowest BCUT2D eigenvalue weighted by molar-refractivity contribution is -0.765. The number of carbonyl (C=O) groups is 1. The molecule has 0 radical (unpaired) electrons. The molecule has 1 fully saturated rings. The van der Waals surface area contributed by atoms with Gasteiger partial charge in [-0.05, 0) is 6.07 Å². The minimum absolute atomic E-state index is 0.259. The zero-order valence-electron chi connectivity index (χ0n) is 9.51. The van der Waals surface area contributed by atoms with Crippen molar-refractivity contribution in [1.29, 1.82) is 0 Å². The van der Waals surface area contributed by atoms with Gasteiger partial charge in [0.2, 0.25) is 0 Å². The number of aliphatic hydroxyl groups is 3. The molecule has 1 aromatic heterocycles. The predicted molar refractivity (Wildman–Crippen MR) is 58.2 cm³/mol. The molecule has 2 rings (SSSR count). The molecule has 1 aliphatic heterocycles. The molecule has 0 aromatic carbocycles. The number of hydrogen-bond donors (Lipinski definition) is 4. The van der Waals surface area contributed by atoms with Crippen LogP contribution in [0, 0.1) is 0 Å². The number of amides is 1. The fraction of sp³-hybridized carbons (Fsp3) is 0.455. The van der Waals surface area contributed by atoms with Crippen LogP contribution in [0.15, 0.2) is 24.5 Å². The van der Waals surface area contributed by atoms with E-state index in [1.807, 2.05) is 0 Å². The van der Waals surface area contributed by atoms with Gasteiger partial charge in [0.05, 0.1) is 6.61 Å². The standard InChI is InChI=1S/C11H14N2O5/c12-10(17)6-2-1-3-13(4-6)11-9(16)8(15)7(5-14)18-11/h1-4,7-9,11,14-16H,5H2,(H-,12,17)/p+1/t7-,8?,9+,11-/m0/s1. The molecule has 1 amide bonds. The van der Waals surface area contributed by atoms with Crippen LogP contribution < -0.4 is 10.3 Å². The van der Waals surface area contributed by atoms with Gasteiger partial charge in [-0.1, -0.05) is 0 Å². The number of aromatic nitrogens is 1. The molecule has 18 heavy (non-hydrogen) atoms. The first-order chi connectivity index (χ1) is 8.54. The van der Waals surface area contributed by atoms with E-state index in [1.54, 1.807) is 12.3 Å². The van der Waals surface area contributed by atoms with E-state index in [0.29, 0.717) is 0 Å². The summed E-state index contributed by atoms with van der Waals surface area (Å²) in [6.45, 7) is -0.398. The number of hydrogen-bond acceptors (Lipinski definition) is 5. The molecule has 1 unspecified atom stereocenters. The van der Waals surface area contributed by atoms with E-state index >= 15 is 0 Å². The monoisotopic (exact) mass is 255 g/mol. The third kappa shape index (κ3) is 2.21. The normalized spacial score (nSPS) is 31.5. The first-order valence-electron chi connectivity index (χ1n) is 5.47. The van der Waals surface area contributed by atoms with Crippen molar-refractivity contribution in [2.45, 2.75) is 24.5 Å². The molecular weight excluding hydrogens is 240 g/mol. The van der Waals surface area contributed by atoms with E-state index in [1.165, 1.54) is 16.8 Å². The van der Waals surface area contributed by atoms with Crippen LogP contribution in [0.5, 0.6) is 0 Å². The van der Waals surface area contributed by atoms with Gasteiger partial charge in [-0.25, -0.2) is 0 Å². The van der Waals surface area contributed by atoms with E-state index in [4.69, 9.17) is 15.6 Å². The SMILES string of the molecule is NC(=O)c1ccc[n+]([C@H]2O[C@@H](CO)C(O)[C@H]2O)c1. The van der Waals surface area contributed by atoms with Crippen LogP contribution in [0.4, 0.5) is 0 Å². The zero-order valence-corrected chi connectivity index (χ0v) is 9.51. The van der Waals surface area contributed by atoms with E-state index in [-0.39, 0.29) is 5.56 Å². The molecule has 98 valence electrons. The van der Waals surface area contributed by atoms with Gasteiger partial charge in [0.15, 0.2) is 18.5 Å². The van der Waals surface area contributed by atoms with Crippen molar-refractivity contribution in [2.75, 3.05) is 6.61 Å². The first-order valence-corrected chi connectivity index (χ1v) is 5.47. The van der Waals surface area contributed by atoms with Crippen LogP contribution in [0.1, 0.15) is 16.6 Å². The van der Waals surface area contributed by atoms with Crippen molar-refractivity contribution in [3.05, 3.63) is 30.1 Å². The molecule has 0 bridgehead atoms. The van der Waals surface area contributed by atoms with E-state index in [9.17, 15) is 15.0 Å². The summed E-state index contributed by atoms with van der Waals surface area (Å²) in [4.78, 5) is 11.1. The fourth-order valence-electron chi connectivity index (χ4n) is 1.92. The summed E-state index contributed by atoms with van der Waals surface area (Å²) in [7, 11) is 0. The quantitative estimate of drug-likeness (QED) is 0.453. The van der Waals surface area contributed by atoms with Gasteiger partial charge in [-0.15, -0.1) is 0 Å². The number of nitrogens with two attached hydrogens (primary N) is 1. The zero-order chi connectivity index (χ0) is 13.3. The van der Waals surface area contributed by atoms with Gasteiger partial charge in [0.25, 0.3) is 12.1 Å². The smallest absolute Gasteiger partial charge is 0.292 e. The van der Waals surface area contributed by atoms with E-state index < -0.39 is 37.1 Å². The van der Waals surface area contributed by atoms with Gasteiger partial charge in [0.1, 0.15) is 17.8 Å². The van der Waals surface area contributed by atoms with Crippen LogP contribution in [0.2, 0.25) is 0 Å². The minimum Gasteiger partial charge on any atom is -0.394 e. The second-order valence-corrected chi connectivity index (χ2v) is 4.13. The summed E-state index contributed by atoms with van der Waals surface area (Å²) in [5, 5.41) is 28.4. The third-order valence-corrected chi connectivity index (χ3v) is 2.92. The van der Waals surface area contributed by atoms with Crippen LogP contribution in [0.3, 0.4) is 0 Å². The second-order valence-electron chi connectivity index (χ2n) is 4.13. The van der Waals surface area contributed by atoms with Crippen LogP contribution in [-0.4, -0.2) is 46.1 Å². The van der Waals surface area contributed by atoms with Gasteiger partial charge >= 0.3 is 0 Å². The summed E-state index contributed by atoms with van der Waals surface area (Å²) in [6.07, 6.45) is -1.08. The number of rotatable bonds is 3. The summed E-state index contributed by atoms with van der Waals surface area (Å²) in [5.74, 6) is -0.601. The molecule has 4 atom stereocenters. The molecule has 0 spiro atoms. The van der Waals surface area contributed by atoms with Crippen LogP contribution in [-0.2, 0) is 4.74 Å². The summed E-state index contributed by atoms with van der Waals surface area (Å²) >= 11 is 0. The Morgan fingerprint density at radius 3 is 2.72 bits per heavy atom. The van der Waals surface area contributed by atoms with Crippen molar-refractivity contribution in [3.63, 3.8) is 0 Å². The Balaban J connectivity index is 2.27. The van der Waals surface area contributed by atoms with Crippen LogP contribution in [0.25, 0.3) is 0 Å². The van der Waals surface area contributed by atoms with Crippen molar-refractivity contribution in [3.8, 4) is 0 Å². The highest BCUT2D eigenvalue weighted by Gasteiger charge is 2.47. The summed E-state index contributed by atoms with van der Waals surface area (Å²) < 4.78 is 6.75. The van der Waals surface area contributed by atoms with E-state index in [2.05, 4.69) is 0 Å². The van der Waals surface area contributed by atoms with Crippen molar-refractivity contribution < 1.29 is 29.4 Å². The molecule has 1 aromatic rings. The maximum Gasteiger partial charge on any atom is 0.292 e. The van der Waals surface area contributed by atoms with Gasteiger partial charge in [-0.2, -0.15) is 4.57 Å². The van der Waals surface area contributed by atoms with Crippen molar-refractivity contribution >= 4 is 5.91 Å². The first kappa shape index (κ1) is 12.9. The predicted octanol–water partition coefficient (Wildman–Crippen LogP) is -2.32. The highest BCUT2D eigenvalue weighted by molar-refractivity contribution is 5.92. The van der Waals surface area contributed by atoms with Crippen molar-refractivity contribution in [1.82, 2.24) is 0 Å². The van der Waals surface area contributed by atoms with Gasteiger partial charge in [0, 0.05) is 6.07 Å². The molecule has 5 N–H and O–H groups in total. The van der Waals surface area contributed by atoms with Gasteiger partial charge in [-0.3, -0.25) is 4.79 Å². The Morgan fingerprint density at radius 1 is 1.44 bits per heavy atom. The number of nitrogens with zero attached hydrogens (tertiary/aromatic N) is 1. The molecule has 7 heteroatoms. The number of aliphatic hydroxyl groups excluding tert-OH is 3. The largest absolute Gasteiger partial charge is 0.394 e. The average Bonchev–Trinajstić information content (AvgIpc) is 2.66. The Hall–Kier alpha value is -1.54. The Morgan fingerprint density at radius 2 is 2.17 bits per heavy atom. The average molecular weight is 255 g/mol. The maximum atomic E-state index is 11.1. The summed E-state index contributed by atoms with van der Waals surface area (Å²) in [5.41, 5.74) is 5.41. The number of ether oxygens (including phenoxy) is 1. The molecule has 0 saturated carbocycles. The molecule has 1 saturated heterocycles. The highest BCUT2D eigenvalue weighted by atomic mass is 16.6. The van der Waals surface area contributed by atoms with Crippen molar-refractivity contribution in [2.24, 2.45) is 5.73 Å². The Labute approximate surface area is 103 Å². The minimum atomic E-state index is -1.18. The van der Waals surface area contributed by atoms with Gasteiger partial charge < -0.3 is 25.8 Å². The molecule has 2 heterocycles. The lowest BCUT2D eigenvalue weighted by atomic mass is 10.1. The Bertz CT molecular complexity index is 453. The second kappa shape index (κ2) is 4.99. The van der Waals surface area contributed by atoms with Crippen LogP contribution >= 0.6 is 0 Å². The lowest BCUT2D eigenvalue weighted by Gasteiger charge is -2.09. The maximum absolute atomic E-state index is 11.1. The topological polar surface area (TPSA) is 117 Å². The molecule has 1 aliphatic rings. The molecule has 7 nitrogen and oxygen atoms in total.